The van der Waals surface area contributed by atoms with Gasteiger partial charge in [-0.3, -0.25) is 0 Å². The van der Waals surface area contributed by atoms with Crippen LogP contribution in [-0.2, 0) is 0 Å². The van der Waals surface area contributed by atoms with Crippen LogP contribution in [0.4, 0.5) is 0 Å². The molecule has 15 heavy (non-hydrogen) atoms. The molecule has 0 spiro atoms. The second-order valence-corrected chi connectivity index (χ2v) is 5.73. The zero-order valence-electron chi connectivity index (χ0n) is 10.4. The van der Waals surface area contributed by atoms with Gasteiger partial charge in [-0.25, -0.2) is 0 Å². The third-order valence-corrected chi connectivity index (χ3v) is 4.22. The predicted octanol–water partition coefficient (Wildman–Crippen LogP) is 2.06. The van der Waals surface area contributed by atoms with Crippen LogP contribution >= 0.6 is 0 Å². The molecule has 0 N–H and O–H groups in total. The van der Waals surface area contributed by atoms with Crippen LogP contribution in [0.1, 0.15) is 32.6 Å². The fraction of sp³-hybridized carbons (Fsp3) is 1.00. The number of rotatable bonds is 3. The second-order valence-electron chi connectivity index (χ2n) is 5.73. The summed E-state index contributed by atoms with van der Waals surface area (Å²) in [6.07, 6.45) is 5.70. The molecule has 2 aliphatic heterocycles. The highest BCUT2D eigenvalue weighted by atomic mass is 15.1. The van der Waals surface area contributed by atoms with Gasteiger partial charge >= 0.3 is 0 Å². The lowest BCUT2D eigenvalue weighted by molar-refractivity contribution is 0.181. The number of hydrogen-bond donors (Lipinski definition) is 0. The Kier molecular flexibility index (Phi) is 4.04. The SMILES string of the molecule is CC1CCN(CC[C@H]2CCN(C)C2)CC1. The first-order chi connectivity index (χ1) is 7.24. The van der Waals surface area contributed by atoms with Gasteiger partial charge in [-0.15, -0.1) is 0 Å². The lowest BCUT2D eigenvalue weighted by Crippen LogP contribution is -2.34. The molecule has 0 aromatic heterocycles. The van der Waals surface area contributed by atoms with E-state index < -0.39 is 0 Å². The molecule has 2 fully saturated rings. The lowest BCUT2D eigenvalue weighted by Gasteiger charge is -2.30. The third kappa shape index (κ3) is 3.46. The van der Waals surface area contributed by atoms with Gasteiger partial charge in [-0.1, -0.05) is 6.92 Å². The van der Waals surface area contributed by atoms with Crippen molar-refractivity contribution in [2.75, 3.05) is 39.8 Å². The van der Waals surface area contributed by atoms with E-state index in [2.05, 4.69) is 23.8 Å². The summed E-state index contributed by atoms with van der Waals surface area (Å²) in [6.45, 7) is 9.11. The molecule has 0 unspecified atom stereocenters. The Morgan fingerprint density at radius 1 is 1.07 bits per heavy atom. The van der Waals surface area contributed by atoms with E-state index in [0.29, 0.717) is 0 Å². The highest BCUT2D eigenvalue weighted by Gasteiger charge is 2.21. The van der Waals surface area contributed by atoms with Crippen LogP contribution in [0.5, 0.6) is 0 Å². The molecule has 2 saturated heterocycles. The summed E-state index contributed by atoms with van der Waals surface area (Å²) < 4.78 is 0. The van der Waals surface area contributed by atoms with Crippen molar-refractivity contribution in [2.45, 2.75) is 32.6 Å². The van der Waals surface area contributed by atoms with Gasteiger partial charge in [-0.2, -0.15) is 0 Å². The Morgan fingerprint density at radius 3 is 2.40 bits per heavy atom. The fourth-order valence-electron chi connectivity index (χ4n) is 2.91. The van der Waals surface area contributed by atoms with Crippen LogP contribution in [0.15, 0.2) is 0 Å². The van der Waals surface area contributed by atoms with Gasteiger partial charge in [0.25, 0.3) is 0 Å². The average molecular weight is 210 g/mol. The molecular formula is C13H26N2. The van der Waals surface area contributed by atoms with Crippen molar-refractivity contribution in [1.82, 2.24) is 9.80 Å². The molecule has 2 nitrogen and oxygen atoms in total. The predicted molar refractivity (Wildman–Crippen MR) is 65.1 cm³/mol. The van der Waals surface area contributed by atoms with Crippen molar-refractivity contribution in [1.29, 1.82) is 0 Å². The molecular weight excluding hydrogens is 184 g/mol. The zero-order chi connectivity index (χ0) is 10.7. The summed E-state index contributed by atoms with van der Waals surface area (Å²) in [5.41, 5.74) is 0. The normalized spacial score (nSPS) is 31.2. The molecule has 0 aromatic carbocycles. The van der Waals surface area contributed by atoms with Crippen LogP contribution in [0.2, 0.25) is 0 Å². The minimum absolute atomic E-state index is 0.971. The molecule has 0 aliphatic carbocycles. The molecule has 0 bridgehead atoms. The van der Waals surface area contributed by atoms with E-state index in [1.165, 1.54) is 58.4 Å². The van der Waals surface area contributed by atoms with Crippen LogP contribution < -0.4 is 0 Å². The molecule has 0 aromatic rings. The topological polar surface area (TPSA) is 6.48 Å². The zero-order valence-corrected chi connectivity index (χ0v) is 10.4. The van der Waals surface area contributed by atoms with E-state index in [1.54, 1.807) is 0 Å². The van der Waals surface area contributed by atoms with Crippen LogP contribution in [0.3, 0.4) is 0 Å². The van der Waals surface area contributed by atoms with Crippen molar-refractivity contribution in [3.63, 3.8) is 0 Å². The molecule has 0 amide bonds. The Bertz CT molecular complexity index is 185. The summed E-state index contributed by atoms with van der Waals surface area (Å²) in [7, 11) is 2.25. The number of likely N-dealkylation sites (tertiary alicyclic amines) is 2. The first-order valence-electron chi connectivity index (χ1n) is 6.65. The third-order valence-electron chi connectivity index (χ3n) is 4.22. The van der Waals surface area contributed by atoms with E-state index in [4.69, 9.17) is 0 Å². The lowest BCUT2D eigenvalue weighted by atomic mass is 9.98. The van der Waals surface area contributed by atoms with E-state index in [1.807, 2.05) is 0 Å². The molecule has 88 valence electrons. The molecule has 2 heteroatoms. The number of hydrogen-bond acceptors (Lipinski definition) is 2. The van der Waals surface area contributed by atoms with Crippen molar-refractivity contribution < 1.29 is 0 Å². The van der Waals surface area contributed by atoms with Gasteiger partial charge in [0, 0.05) is 6.54 Å². The van der Waals surface area contributed by atoms with E-state index >= 15 is 0 Å². The minimum Gasteiger partial charge on any atom is -0.306 e. The van der Waals surface area contributed by atoms with Crippen LogP contribution in [0.25, 0.3) is 0 Å². The smallest absolute Gasteiger partial charge is 0.000756 e. The van der Waals surface area contributed by atoms with Crippen LogP contribution in [-0.4, -0.2) is 49.6 Å². The van der Waals surface area contributed by atoms with Crippen molar-refractivity contribution in [2.24, 2.45) is 11.8 Å². The van der Waals surface area contributed by atoms with Gasteiger partial charge < -0.3 is 9.80 Å². The van der Waals surface area contributed by atoms with Gasteiger partial charge in [0.1, 0.15) is 0 Å². The van der Waals surface area contributed by atoms with Crippen molar-refractivity contribution in [3.8, 4) is 0 Å². The summed E-state index contributed by atoms with van der Waals surface area (Å²) in [5, 5.41) is 0. The van der Waals surface area contributed by atoms with Gasteiger partial charge in [0.05, 0.1) is 0 Å². The summed E-state index contributed by atoms with van der Waals surface area (Å²) in [4.78, 5) is 5.15. The van der Waals surface area contributed by atoms with Gasteiger partial charge in [0.2, 0.25) is 0 Å². The van der Waals surface area contributed by atoms with Crippen molar-refractivity contribution >= 4 is 0 Å². The Morgan fingerprint density at radius 2 is 1.80 bits per heavy atom. The fourth-order valence-corrected chi connectivity index (χ4v) is 2.91. The molecule has 2 aliphatic rings. The Hall–Kier alpha value is -0.0800. The first-order valence-corrected chi connectivity index (χ1v) is 6.65. The van der Waals surface area contributed by atoms with Crippen LogP contribution in [0, 0.1) is 11.8 Å². The van der Waals surface area contributed by atoms with Crippen molar-refractivity contribution in [3.05, 3.63) is 0 Å². The maximum Gasteiger partial charge on any atom is 0.000756 e. The minimum atomic E-state index is 0.971. The van der Waals surface area contributed by atoms with Gasteiger partial charge in [-0.05, 0) is 70.7 Å². The summed E-state index contributed by atoms with van der Waals surface area (Å²) in [6, 6.07) is 0. The quantitative estimate of drug-likeness (QED) is 0.703. The average Bonchev–Trinajstić information content (AvgIpc) is 2.64. The summed E-state index contributed by atoms with van der Waals surface area (Å²) in [5.74, 6) is 1.95. The monoisotopic (exact) mass is 210 g/mol. The highest BCUT2D eigenvalue weighted by Crippen LogP contribution is 2.21. The molecule has 2 heterocycles. The largest absolute Gasteiger partial charge is 0.306 e. The van der Waals surface area contributed by atoms with E-state index in [-0.39, 0.29) is 0 Å². The van der Waals surface area contributed by atoms with E-state index in [0.717, 1.165) is 11.8 Å². The second kappa shape index (κ2) is 5.31. The number of nitrogens with zero attached hydrogens (tertiary/aromatic N) is 2. The Labute approximate surface area is 94.6 Å². The molecule has 0 saturated carbocycles. The van der Waals surface area contributed by atoms with E-state index in [9.17, 15) is 0 Å². The summed E-state index contributed by atoms with van der Waals surface area (Å²) >= 11 is 0. The first kappa shape index (κ1) is 11.4. The number of piperidine rings is 1. The Balaban J connectivity index is 1.61. The molecule has 1 atom stereocenters. The van der Waals surface area contributed by atoms with Gasteiger partial charge in [0.15, 0.2) is 0 Å². The maximum absolute atomic E-state index is 2.68. The standard InChI is InChI=1S/C13H26N2/c1-12-3-8-15(9-4-12)10-6-13-5-7-14(2)11-13/h12-13H,3-11H2,1-2H3/t13-/m1/s1. The molecule has 2 rings (SSSR count). The maximum atomic E-state index is 2.68. The highest BCUT2D eigenvalue weighted by molar-refractivity contribution is 4.76. The molecule has 0 radical (unpaired) electrons.